The fraction of sp³-hybridized carbons (Fsp3) is 0.111. The number of halogens is 3. The average molecular weight is 407 g/mol. The Morgan fingerprint density at radius 3 is 2.68 bits per heavy atom. The first-order chi connectivity index (χ1) is 13.4. The molecule has 2 N–H and O–H groups in total. The first kappa shape index (κ1) is 18.1. The molecular formula is C18H12F3N3O3S. The Kier molecular flexibility index (Phi) is 4.55. The molecule has 0 unspecified atom stereocenters. The third kappa shape index (κ3) is 3.72. The van der Waals surface area contributed by atoms with E-state index in [0.29, 0.717) is 17.2 Å². The Hall–Kier alpha value is -3.27. The second kappa shape index (κ2) is 7.04. The second-order valence-electron chi connectivity index (χ2n) is 5.73. The van der Waals surface area contributed by atoms with Gasteiger partial charge in [0.1, 0.15) is 0 Å². The second-order valence-corrected chi connectivity index (χ2v) is 6.59. The van der Waals surface area contributed by atoms with Gasteiger partial charge >= 0.3 is 12.2 Å². The number of nitrogens with zero attached hydrogens (tertiary/aromatic N) is 1. The van der Waals surface area contributed by atoms with Crippen LogP contribution in [0.4, 0.5) is 28.8 Å². The summed E-state index contributed by atoms with van der Waals surface area (Å²) in [6, 6.07) is 9.25. The molecule has 0 atom stereocenters. The van der Waals surface area contributed by atoms with Crippen molar-refractivity contribution in [1.29, 1.82) is 0 Å². The number of para-hydroxylation sites is 1. The molecule has 0 radical (unpaired) electrons. The SMILES string of the molecule is O=C(Nc1nc(-c2ccc3c(c2)OCO3)cs1)Nc1ccccc1C(F)(F)F. The number of hydrogen-bond acceptors (Lipinski definition) is 5. The topological polar surface area (TPSA) is 72.5 Å². The maximum atomic E-state index is 13.0. The minimum atomic E-state index is -4.57. The minimum Gasteiger partial charge on any atom is -0.454 e. The van der Waals surface area contributed by atoms with Gasteiger partial charge in [-0.2, -0.15) is 13.2 Å². The quantitative estimate of drug-likeness (QED) is 0.626. The number of rotatable bonds is 3. The summed E-state index contributed by atoms with van der Waals surface area (Å²) in [5.74, 6) is 1.24. The van der Waals surface area contributed by atoms with E-state index in [4.69, 9.17) is 9.47 Å². The number of nitrogens with one attached hydrogen (secondary N) is 2. The van der Waals surface area contributed by atoms with E-state index in [0.717, 1.165) is 23.0 Å². The zero-order valence-electron chi connectivity index (χ0n) is 14.0. The number of fused-ring (bicyclic) bond motifs is 1. The lowest BCUT2D eigenvalue weighted by Gasteiger charge is -2.13. The highest BCUT2D eigenvalue weighted by Crippen LogP contribution is 2.37. The number of benzene rings is 2. The Morgan fingerprint density at radius 1 is 1.07 bits per heavy atom. The summed E-state index contributed by atoms with van der Waals surface area (Å²) in [6.07, 6.45) is -4.57. The predicted octanol–water partition coefficient (Wildman–Crippen LogP) is 5.20. The van der Waals surface area contributed by atoms with Gasteiger partial charge in [0.25, 0.3) is 0 Å². The molecule has 2 aromatic carbocycles. The van der Waals surface area contributed by atoms with Gasteiger partial charge in [-0.25, -0.2) is 9.78 Å². The zero-order valence-corrected chi connectivity index (χ0v) is 14.9. The number of aromatic nitrogens is 1. The van der Waals surface area contributed by atoms with E-state index in [1.54, 1.807) is 23.6 Å². The van der Waals surface area contributed by atoms with E-state index in [2.05, 4.69) is 15.6 Å². The first-order valence-corrected chi connectivity index (χ1v) is 8.88. The van der Waals surface area contributed by atoms with E-state index in [9.17, 15) is 18.0 Å². The Balaban J connectivity index is 1.47. The summed E-state index contributed by atoms with van der Waals surface area (Å²) in [6.45, 7) is 0.155. The molecule has 6 nitrogen and oxygen atoms in total. The Morgan fingerprint density at radius 2 is 1.86 bits per heavy atom. The number of hydrogen-bond donors (Lipinski definition) is 2. The van der Waals surface area contributed by atoms with Gasteiger partial charge in [-0.3, -0.25) is 5.32 Å². The highest BCUT2D eigenvalue weighted by molar-refractivity contribution is 7.14. The van der Waals surface area contributed by atoms with E-state index in [1.807, 2.05) is 0 Å². The molecule has 28 heavy (non-hydrogen) atoms. The lowest BCUT2D eigenvalue weighted by molar-refractivity contribution is -0.136. The van der Waals surface area contributed by atoms with Crippen molar-refractivity contribution in [2.45, 2.75) is 6.18 Å². The molecule has 0 saturated carbocycles. The average Bonchev–Trinajstić information content (AvgIpc) is 3.29. The molecule has 0 aliphatic carbocycles. The molecule has 3 aromatic rings. The van der Waals surface area contributed by atoms with Gasteiger partial charge in [-0.1, -0.05) is 12.1 Å². The number of thiazole rings is 1. The van der Waals surface area contributed by atoms with E-state index in [1.165, 1.54) is 18.2 Å². The van der Waals surface area contributed by atoms with Crippen LogP contribution in [0.15, 0.2) is 47.8 Å². The fourth-order valence-electron chi connectivity index (χ4n) is 2.61. The summed E-state index contributed by atoms with van der Waals surface area (Å²) in [7, 11) is 0. The van der Waals surface area contributed by atoms with E-state index in [-0.39, 0.29) is 17.6 Å². The maximum Gasteiger partial charge on any atom is 0.418 e. The van der Waals surface area contributed by atoms with Crippen LogP contribution in [0.5, 0.6) is 11.5 Å². The van der Waals surface area contributed by atoms with Crippen molar-refractivity contribution >= 4 is 28.2 Å². The number of amides is 2. The molecule has 0 bridgehead atoms. The molecule has 0 fully saturated rings. The van der Waals surface area contributed by atoms with Crippen molar-refractivity contribution in [3.63, 3.8) is 0 Å². The van der Waals surface area contributed by atoms with Gasteiger partial charge in [0.2, 0.25) is 6.79 Å². The smallest absolute Gasteiger partial charge is 0.418 e. The summed E-state index contributed by atoms with van der Waals surface area (Å²) in [5.41, 5.74) is 0.0936. The summed E-state index contributed by atoms with van der Waals surface area (Å²) in [5, 5.41) is 6.62. The van der Waals surface area contributed by atoms with E-state index < -0.39 is 17.8 Å². The van der Waals surface area contributed by atoms with Crippen LogP contribution in [0.3, 0.4) is 0 Å². The van der Waals surface area contributed by atoms with Gasteiger partial charge in [-0.15, -0.1) is 11.3 Å². The number of urea groups is 1. The van der Waals surface area contributed by atoms with Crippen LogP contribution in [-0.4, -0.2) is 17.8 Å². The number of ether oxygens (including phenoxy) is 2. The van der Waals surface area contributed by atoms with Crippen LogP contribution in [-0.2, 0) is 6.18 Å². The van der Waals surface area contributed by atoms with Crippen LogP contribution in [0.2, 0.25) is 0 Å². The van der Waals surface area contributed by atoms with Gasteiger partial charge < -0.3 is 14.8 Å². The van der Waals surface area contributed by atoms with Crippen molar-refractivity contribution in [2.24, 2.45) is 0 Å². The molecule has 2 amide bonds. The molecule has 1 aliphatic rings. The summed E-state index contributed by atoms with van der Waals surface area (Å²) < 4.78 is 49.6. The monoisotopic (exact) mass is 407 g/mol. The third-order valence-electron chi connectivity index (χ3n) is 3.87. The number of anilines is 2. The fourth-order valence-corrected chi connectivity index (χ4v) is 3.32. The maximum absolute atomic E-state index is 13.0. The molecule has 144 valence electrons. The van der Waals surface area contributed by atoms with Crippen molar-refractivity contribution in [3.8, 4) is 22.8 Å². The third-order valence-corrected chi connectivity index (χ3v) is 4.63. The minimum absolute atomic E-state index is 0.155. The van der Waals surface area contributed by atoms with Crippen molar-refractivity contribution in [3.05, 3.63) is 53.4 Å². The van der Waals surface area contributed by atoms with Crippen LogP contribution >= 0.6 is 11.3 Å². The van der Waals surface area contributed by atoms with E-state index >= 15 is 0 Å². The van der Waals surface area contributed by atoms with Gasteiger partial charge in [0, 0.05) is 10.9 Å². The molecule has 0 saturated heterocycles. The van der Waals surface area contributed by atoms with Crippen LogP contribution < -0.4 is 20.1 Å². The molecule has 0 spiro atoms. The highest BCUT2D eigenvalue weighted by Gasteiger charge is 2.33. The lowest BCUT2D eigenvalue weighted by atomic mass is 10.1. The number of carbonyl (C=O) groups is 1. The first-order valence-electron chi connectivity index (χ1n) is 8.00. The van der Waals surface area contributed by atoms with Crippen molar-refractivity contribution in [1.82, 2.24) is 4.98 Å². The lowest BCUT2D eigenvalue weighted by Crippen LogP contribution is -2.21. The normalized spacial score (nSPS) is 12.7. The molecule has 10 heteroatoms. The van der Waals surface area contributed by atoms with Crippen LogP contribution in [0.25, 0.3) is 11.3 Å². The van der Waals surface area contributed by atoms with Crippen molar-refractivity contribution in [2.75, 3.05) is 17.4 Å². The molecule has 1 aliphatic heterocycles. The summed E-state index contributed by atoms with van der Waals surface area (Å²) in [4.78, 5) is 16.4. The van der Waals surface area contributed by atoms with Gasteiger partial charge in [0.05, 0.1) is 16.9 Å². The number of carbonyl (C=O) groups excluding carboxylic acids is 1. The molecule has 1 aromatic heterocycles. The van der Waals surface area contributed by atoms with Gasteiger partial charge in [-0.05, 0) is 30.3 Å². The highest BCUT2D eigenvalue weighted by atomic mass is 32.1. The van der Waals surface area contributed by atoms with Crippen molar-refractivity contribution < 1.29 is 27.4 Å². The largest absolute Gasteiger partial charge is 0.454 e. The molecule has 4 rings (SSSR count). The van der Waals surface area contributed by atoms with Crippen LogP contribution in [0.1, 0.15) is 5.56 Å². The zero-order chi connectivity index (χ0) is 19.7. The Labute approximate surface area is 160 Å². The Bertz CT molecular complexity index is 1040. The van der Waals surface area contributed by atoms with Crippen LogP contribution in [0, 0.1) is 0 Å². The molecular weight excluding hydrogens is 395 g/mol. The standard InChI is InChI=1S/C18H12F3N3O3S/c19-18(20,21)11-3-1-2-4-12(11)22-16(25)24-17-23-13(8-28-17)10-5-6-14-15(7-10)27-9-26-14/h1-8H,9H2,(H2,22,23,24,25). The number of alkyl halides is 3. The molecule has 2 heterocycles. The predicted molar refractivity (Wildman–Crippen MR) is 97.8 cm³/mol. The summed E-state index contributed by atoms with van der Waals surface area (Å²) >= 11 is 1.15. The van der Waals surface area contributed by atoms with Gasteiger partial charge in [0.15, 0.2) is 16.6 Å².